The van der Waals surface area contributed by atoms with Gasteiger partial charge in [0.1, 0.15) is 11.5 Å². The van der Waals surface area contributed by atoms with Crippen molar-refractivity contribution in [1.82, 2.24) is 0 Å². The first-order chi connectivity index (χ1) is 24.2. The number of aromatic hydroxyl groups is 1. The Morgan fingerprint density at radius 2 is 1.08 bits per heavy atom. The van der Waals surface area contributed by atoms with E-state index in [0.29, 0.717) is 17.9 Å². The summed E-state index contributed by atoms with van der Waals surface area (Å²) in [7, 11) is 0. The summed E-state index contributed by atoms with van der Waals surface area (Å²) in [5.74, 6) is 2.71. The Balaban J connectivity index is 1.89. The van der Waals surface area contributed by atoms with Crippen molar-refractivity contribution in [2.45, 2.75) is 208 Å². The van der Waals surface area contributed by atoms with Gasteiger partial charge in [0.2, 0.25) is 0 Å². The first-order valence-electron chi connectivity index (χ1n) is 21.0. The molecule has 2 aromatic carbocycles. The quantitative estimate of drug-likeness (QED) is 0.0630. The minimum Gasteiger partial charge on any atom is -0.507 e. The largest absolute Gasteiger partial charge is 0.507 e. The number of phenolic OH excluding ortho intramolecular Hbond substituents is 1. The third-order valence-electron chi connectivity index (χ3n) is 10.3. The van der Waals surface area contributed by atoms with Crippen LogP contribution in [0.2, 0.25) is 0 Å². The summed E-state index contributed by atoms with van der Waals surface area (Å²) in [6.07, 6.45) is 24.4. The zero-order valence-electron chi connectivity index (χ0n) is 34.9. The molecule has 0 bridgehead atoms. The minimum absolute atomic E-state index is 0.0796. The van der Waals surface area contributed by atoms with Crippen LogP contribution >= 0.6 is 11.8 Å². The number of thioether (sulfide) groups is 1. The number of carbonyl (C=O) groups is 1. The number of phenols is 1. The fourth-order valence-corrected chi connectivity index (χ4v) is 8.24. The molecule has 4 heteroatoms. The maximum atomic E-state index is 13.4. The highest BCUT2D eigenvalue weighted by molar-refractivity contribution is 7.99. The molecule has 0 aliphatic rings. The summed E-state index contributed by atoms with van der Waals surface area (Å²) >= 11 is 1.88. The molecule has 1 atom stereocenters. The number of aryl methyl sites for hydroxylation is 2. The number of benzene rings is 2. The molecule has 3 nitrogen and oxygen atoms in total. The standard InChI is InChI=1S/C47H78O3S/c1-11-13-14-15-16-17-18-19-20-21-22-23-24-25-26-27-30-51-31-29-43(48)50-45-40(33-37(4)35-42(45)47(8,9)10)38(28-12-2)39-32-36(3)34-41(44(39)49)46(5,6)7/h32-35,38,49H,11-31H2,1-10H3. The molecule has 0 radical (unpaired) electrons. The highest BCUT2D eigenvalue weighted by atomic mass is 32.2. The van der Waals surface area contributed by atoms with E-state index in [4.69, 9.17) is 4.74 Å². The molecule has 0 aliphatic carbocycles. The monoisotopic (exact) mass is 723 g/mol. The molecule has 0 aliphatic heterocycles. The molecule has 1 N–H and O–H groups in total. The Hall–Kier alpha value is -1.94. The molecular weight excluding hydrogens is 645 g/mol. The van der Waals surface area contributed by atoms with Gasteiger partial charge in [0.25, 0.3) is 0 Å². The Bertz CT molecular complexity index is 1280. The zero-order chi connectivity index (χ0) is 37.9. The number of hydrogen-bond acceptors (Lipinski definition) is 4. The van der Waals surface area contributed by atoms with E-state index >= 15 is 0 Å². The lowest BCUT2D eigenvalue weighted by Crippen LogP contribution is -2.20. The van der Waals surface area contributed by atoms with Crippen molar-refractivity contribution < 1.29 is 14.6 Å². The highest BCUT2D eigenvalue weighted by Crippen LogP contribution is 2.46. The lowest BCUT2D eigenvalue weighted by atomic mass is 9.77. The summed E-state index contributed by atoms with van der Waals surface area (Å²) in [6.45, 7) is 21.7. The number of esters is 1. The molecule has 2 aromatic rings. The second kappa shape index (κ2) is 23.7. The first kappa shape index (κ1) is 45.2. The Morgan fingerprint density at radius 1 is 0.627 bits per heavy atom. The van der Waals surface area contributed by atoms with Crippen molar-refractivity contribution >= 4 is 17.7 Å². The van der Waals surface area contributed by atoms with E-state index in [1.165, 1.54) is 103 Å². The Morgan fingerprint density at radius 3 is 1.55 bits per heavy atom. The maximum Gasteiger partial charge on any atom is 0.312 e. The summed E-state index contributed by atoms with van der Waals surface area (Å²) < 4.78 is 6.38. The van der Waals surface area contributed by atoms with Crippen LogP contribution in [0.5, 0.6) is 11.5 Å². The van der Waals surface area contributed by atoms with E-state index in [9.17, 15) is 9.90 Å². The second-order valence-electron chi connectivity index (χ2n) is 17.5. The molecular formula is C47H78O3S. The molecule has 0 heterocycles. The number of unbranched alkanes of at least 4 members (excludes halogenated alkanes) is 15. The summed E-state index contributed by atoms with van der Waals surface area (Å²) in [6, 6.07) is 8.60. The summed E-state index contributed by atoms with van der Waals surface area (Å²) in [4.78, 5) is 13.4. The van der Waals surface area contributed by atoms with Crippen LogP contribution < -0.4 is 4.74 Å². The molecule has 0 saturated carbocycles. The molecule has 1 unspecified atom stereocenters. The number of hydrogen-bond donors (Lipinski definition) is 1. The van der Waals surface area contributed by atoms with E-state index in [0.717, 1.165) is 57.7 Å². The van der Waals surface area contributed by atoms with Gasteiger partial charge in [0.15, 0.2) is 0 Å². The topological polar surface area (TPSA) is 46.5 Å². The van der Waals surface area contributed by atoms with Gasteiger partial charge in [-0.25, -0.2) is 0 Å². The van der Waals surface area contributed by atoms with Gasteiger partial charge in [-0.1, -0.05) is 194 Å². The van der Waals surface area contributed by atoms with Crippen LogP contribution in [-0.4, -0.2) is 22.6 Å². The van der Waals surface area contributed by atoms with Crippen LogP contribution in [0, 0.1) is 13.8 Å². The lowest BCUT2D eigenvalue weighted by Gasteiger charge is -2.30. The molecule has 2 rings (SSSR count). The zero-order valence-corrected chi connectivity index (χ0v) is 35.7. The van der Waals surface area contributed by atoms with Crippen molar-refractivity contribution in [2.75, 3.05) is 11.5 Å². The first-order valence-corrected chi connectivity index (χ1v) is 22.1. The summed E-state index contributed by atoms with van der Waals surface area (Å²) in [5.41, 5.74) is 5.84. The van der Waals surface area contributed by atoms with Crippen LogP contribution in [0.3, 0.4) is 0 Å². The van der Waals surface area contributed by atoms with Crippen LogP contribution in [-0.2, 0) is 15.6 Å². The maximum absolute atomic E-state index is 13.4. The van der Waals surface area contributed by atoms with Gasteiger partial charge in [0.05, 0.1) is 6.42 Å². The van der Waals surface area contributed by atoms with E-state index in [1.807, 2.05) is 11.8 Å². The van der Waals surface area contributed by atoms with Crippen LogP contribution in [0.1, 0.15) is 217 Å². The van der Waals surface area contributed by atoms with Gasteiger partial charge in [0, 0.05) is 28.4 Å². The number of ether oxygens (including phenoxy) is 1. The molecule has 0 saturated heterocycles. The van der Waals surface area contributed by atoms with Crippen molar-refractivity contribution in [3.8, 4) is 11.5 Å². The van der Waals surface area contributed by atoms with Crippen molar-refractivity contribution in [2.24, 2.45) is 0 Å². The second-order valence-corrected chi connectivity index (χ2v) is 18.7. The molecule has 51 heavy (non-hydrogen) atoms. The minimum atomic E-state index is -0.208. The molecule has 290 valence electrons. The molecule has 0 fully saturated rings. The van der Waals surface area contributed by atoms with Gasteiger partial charge in [-0.2, -0.15) is 11.8 Å². The predicted octanol–water partition coefficient (Wildman–Crippen LogP) is 14.8. The third kappa shape index (κ3) is 16.7. The third-order valence-corrected chi connectivity index (χ3v) is 11.4. The van der Waals surface area contributed by atoms with Gasteiger partial charge >= 0.3 is 5.97 Å². The molecule has 0 amide bonds. The number of carbonyl (C=O) groups excluding carboxylic acids is 1. The normalized spacial score (nSPS) is 12.7. The van der Waals surface area contributed by atoms with Crippen molar-refractivity contribution in [1.29, 1.82) is 0 Å². The molecule has 0 spiro atoms. The van der Waals surface area contributed by atoms with Gasteiger partial charge in [-0.15, -0.1) is 0 Å². The predicted molar refractivity (Wildman–Crippen MR) is 225 cm³/mol. The van der Waals surface area contributed by atoms with Gasteiger partial charge in [-0.05, 0) is 48.8 Å². The molecule has 0 aromatic heterocycles. The van der Waals surface area contributed by atoms with E-state index < -0.39 is 0 Å². The highest BCUT2D eigenvalue weighted by Gasteiger charge is 2.31. The van der Waals surface area contributed by atoms with E-state index in [1.54, 1.807) is 0 Å². The fraction of sp³-hybridized carbons (Fsp3) is 0.723. The van der Waals surface area contributed by atoms with Crippen LogP contribution in [0.15, 0.2) is 24.3 Å². The average Bonchev–Trinajstić information content (AvgIpc) is 3.05. The van der Waals surface area contributed by atoms with E-state index in [-0.39, 0.29) is 22.7 Å². The summed E-state index contributed by atoms with van der Waals surface area (Å²) in [5, 5.41) is 11.7. The van der Waals surface area contributed by atoms with E-state index in [2.05, 4.69) is 93.5 Å². The SMILES string of the molecule is CCCCCCCCCCCCCCCCCCSCCC(=O)Oc1c(C(CCC)c2cc(C)cc(C(C)(C)C)c2O)cc(C)cc1C(C)(C)C. The van der Waals surface area contributed by atoms with Crippen molar-refractivity contribution in [3.63, 3.8) is 0 Å². The van der Waals surface area contributed by atoms with Gasteiger partial charge in [-0.3, -0.25) is 4.79 Å². The smallest absolute Gasteiger partial charge is 0.312 e. The number of rotatable bonds is 25. The van der Waals surface area contributed by atoms with Crippen LogP contribution in [0.4, 0.5) is 0 Å². The Labute approximate surface area is 319 Å². The van der Waals surface area contributed by atoms with Crippen LogP contribution in [0.25, 0.3) is 0 Å². The Kier molecular flexibility index (Phi) is 21.0. The fourth-order valence-electron chi connectivity index (χ4n) is 7.32. The van der Waals surface area contributed by atoms with Crippen molar-refractivity contribution in [3.05, 3.63) is 57.6 Å². The average molecular weight is 723 g/mol. The lowest BCUT2D eigenvalue weighted by molar-refractivity contribution is -0.134. The van der Waals surface area contributed by atoms with Gasteiger partial charge < -0.3 is 9.84 Å².